The normalized spacial score (nSPS) is 16.5. The van der Waals surface area contributed by atoms with E-state index >= 15 is 0 Å². The lowest BCUT2D eigenvalue weighted by molar-refractivity contribution is 0.0831. The molecule has 0 bridgehead atoms. The van der Waals surface area contributed by atoms with Gasteiger partial charge in [0.25, 0.3) is 0 Å². The van der Waals surface area contributed by atoms with Crippen molar-refractivity contribution in [1.82, 2.24) is 9.80 Å². The first-order valence-electron chi connectivity index (χ1n) is 8.70. The van der Waals surface area contributed by atoms with Crippen LogP contribution in [0.15, 0.2) is 54.6 Å². The van der Waals surface area contributed by atoms with E-state index in [1.165, 1.54) is 0 Å². The molecule has 2 aromatic rings. The Balaban J connectivity index is 1.48. The average molecular weight is 339 g/mol. The van der Waals surface area contributed by atoms with Crippen LogP contribution in [-0.4, -0.2) is 53.7 Å². The number of piperazine rings is 1. The fourth-order valence-corrected chi connectivity index (χ4v) is 3.07. The number of benzene rings is 2. The molecule has 2 aromatic carbocycles. The van der Waals surface area contributed by atoms with Gasteiger partial charge in [-0.2, -0.15) is 0 Å². The van der Waals surface area contributed by atoms with Crippen molar-refractivity contribution in [3.8, 4) is 0 Å². The number of β-amino-alcohol motifs (C(OH)–C–C–N with tert-alkyl or cyclic N) is 1. The molecule has 0 radical (unpaired) electrons. The maximum Gasteiger partial charge on any atom is 0.321 e. The van der Waals surface area contributed by atoms with Gasteiger partial charge in [0.1, 0.15) is 0 Å². The van der Waals surface area contributed by atoms with Crippen LogP contribution in [0.4, 0.5) is 10.5 Å². The second-order valence-electron chi connectivity index (χ2n) is 6.46. The molecule has 1 saturated heterocycles. The summed E-state index contributed by atoms with van der Waals surface area (Å²) >= 11 is 0. The van der Waals surface area contributed by atoms with E-state index < -0.39 is 6.10 Å². The number of aryl methyl sites for hydroxylation is 1. The molecule has 3 rings (SSSR count). The Hall–Kier alpha value is -2.37. The number of aliphatic hydroxyl groups is 1. The summed E-state index contributed by atoms with van der Waals surface area (Å²) in [5, 5.41) is 13.3. The molecule has 1 aliphatic rings. The highest BCUT2D eigenvalue weighted by Gasteiger charge is 2.23. The van der Waals surface area contributed by atoms with E-state index in [4.69, 9.17) is 0 Å². The number of rotatable bonds is 4. The fraction of sp³-hybridized carbons (Fsp3) is 0.350. The summed E-state index contributed by atoms with van der Waals surface area (Å²) in [7, 11) is 0. The summed E-state index contributed by atoms with van der Waals surface area (Å²) in [5.41, 5.74) is 2.84. The summed E-state index contributed by atoms with van der Waals surface area (Å²) in [6.45, 7) is 5.45. The van der Waals surface area contributed by atoms with Crippen LogP contribution >= 0.6 is 0 Å². The molecule has 132 valence electrons. The van der Waals surface area contributed by atoms with Crippen molar-refractivity contribution in [2.24, 2.45) is 0 Å². The van der Waals surface area contributed by atoms with Gasteiger partial charge in [-0.3, -0.25) is 4.90 Å². The molecule has 0 unspecified atom stereocenters. The largest absolute Gasteiger partial charge is 0.387 e. The molecule has 5 heteroatoms. The lowest BCUT2D eigenvalue weighted by Gasteiger charge is -2.35. The lowest BCUT2D eigenvalue weighted by atomic mass is 10.1. The van der Waals surface area contributed by atoms with Gasteiger partial charge in [-0.25, -0.2) is 4.79 Å². The van der Waals surface area contributed by atoms with Crippen LogP contribution in [0.5, 0.6) is 0 Å². The second-order valence-corrected chi connectivity index (χ2v) is 6.46. The van der Waals surface area contributed by atoms with E-state index in [2.05, 4.69) is 10.2 Å². The molecule has 0 aliphatic carbocycles. The molecule has 1 atom stereocenters. The number of carbonyl (C=O) groups excluding carboxylic acids is 1. The van der Waals surface area contributed by atoms with Gasteiger partial charge in [-0.05, 0) is 24.1 Å². The monoisotopic (exact) mass is 339 g/mol. The minimum Gasteiger partial charge on any atom is -0.387 e. The summed E-state index contributed by atoms with van der Waals surface area (Å²) in [6.07, 6.45) is -0.492. The number of amides is 2. The molecule has 1 fully saturated rings. The van der Waals surface area contributed by atoms with Crippen LogP contribution in [0.1, 0.15) is 17.2 Å². The van der Waals surface area contributed by atoms with Crippen molar-refractivity contribution in [1.29, 1.82) is 0 Å². The van der Waals surface area contributed by atoms with Gasteiger partial charge < -0.3 is 15.3 Å². The highest BCUT2D eigenvalue weighted by Crippen LogP contribution is 2.17. The van der Waals surface area contributed by atoms with Crippen molar-refractivity contribution in [3.05, 3.63) is 65.7 Å². The maximum absolute atomic E-state index is 12.4. The predicted molar refractivity (Wildman–Crippen MR) is 99.6 cm³/mol. The van der Waals surface area contributed by atoms with Gasteiger partial charge in [0, 0.05) is 38.4 Å². The number of aliphatic hydroxyl groups excluding tert-OH is 1. The summed E-state index contributed by atoms with van der Waals surface area (Å²) in [5.74, 6) is 0. The number of hydrogen-bond donors (Lipinski definition) is 2. The van der Waals surface area contributed by atoms with E-state index in [-0.39, 0.29) is 6.03 Å². The van der Waals surface area contributed by atoms with Gasteiger partial charge >= 0.3 is 6.03 Å². The Morgan fingerprint density at radius 3 is 2.36 bits per heavy atom. The topological polar surface area (TPSA) is 55.8 Å². The van der Waals surface area contributed by atoms with Crippen LogP contribution in [0, 0.1) is 6.92 Å². The molecule has 5 nitrogen and oxygen atoms in total. The Morgan fingerprint density at radius 1 is 1.04 bits per heavy atom. The zero-order valence-corrected chi connectivity index (χ0v) is 14.6. The van der Waals surface area contributed by atoms with Crippen LogP contribution in [0.25, 0.3) is 0 Å². The van der Waals surface area contributed by atoms with Crippen molar-refractivity contribution in [2.75, 3.05) is 38.0 Å². The molecular formula is C20H25N3O2. The van der Waals surface area contributed by atoms with E-state index in [0.717, 1.165) is 29.9 Å². The van der Waals surface area contributed by atoms with Crippen LogP contribution in [-0.2, 0) is 0 Å². The van der Waals surface area contributed by atoms with E-state index in [0.29, 0.717) is 19.6 Å². The van der Waals surface area contributed by atoms with E-state index in [9.17, 15) is 9.90 Å². The number of para-hydroxylation sites is 1. The van der Waals surface area contributed by atoms with Crippen molar-refractivity contribution in [3.63, 3.8) is 0 Å². The zero-order valence-electron chi connectivity index (χ0n) is 14.6. The predicted octanol–water partition coefficient (Wildman–Crippen LogP) is 2.88. The first kappa shape index (κ1) is 17.5. The lowest BCUT2D eigenvalue weighted by Crippen LogP contribution is -2.50. The van der Waals surface area contributed by atoms with Crippen molar-refractivity contribution < 1.29 is 9.90 Å². The SMILES string of the molecule is Cc1ccccc1NC(=O)N1CCN(C[C@@H](O)c2ccccc2)CC1. The quantitative estimate of drug-likeness (QED) is 0.900. The Morgan fingerprint density at radius 2 is 1.68 bits per heavy atom. The van der Waals surface area contributed by atoms with E-state index in [1.807, 2.05) is 66.4 Å². The van der Waals surface area contributed by atoms with Gasteiger partial charge in [0.05, 0.1) is 6.10 Å². The Labute approximate surface area is 148 Å². The first-order chi connectivity index (χ1) is 12.1. The van der Waals surface area contributed by atoms with Gasteiger partial charge in [0.15, 0.2) is 0 Å². The van der Waals surface area contributed by atoms with E-state index in [1.54, 1.807) is 0 Å². The summed E-state index contributed by atoms with van der Waals surface area (Å²) in [4.78, 5) is 16.5. The molecular weight excluding hydrogens is 314 g/mol. The third-order valence-electron chi connectivity index (χ3n) is 4.66. The third-order valence-corrected chi connectivity index (χ3v) is 4.66. The number of urea groups is 1. The van der Waals surface area contributed by atoms with Crippen LogP contribution < -0.4 is 5.32 Å². The average Bonchev–Trinajstić information content (AvgIpc) is 2.65. The number of anilines is 1. The van der Waals surface area contributed by atoms with Crippen LogP contribution in [0.2, 0.25) is 0 Å². The number of hydrogen-bond acceptors (Lipinski definition) is 3. The first-order valence-corrected chi connectivity index (χ1v) is 8.70. The Kier molecular flexibility index (Phi) is 5.68. The Bertz CT molecular complexity index is 697. The summed E-state index contributed by atoms with van der Waals surface area (Å²) < 4.78 is 0. The molecule has 1 heterocycles. The van der Waals surface area contributed by atoms with Gasteiger partial charge in [-0.1, -0.05) is 48.5 Å². The molecule has 0 aromatic heterocycles. The molecule has 2 amide bonds. The maximum atomic E-state index is 12.4. The summed E-state index contributed by atoms with van der Waals surface area (Å²) in [6, 6.07) is 17.4. The smallest absolute Gasteiger partial charge is 0.321 e. The number of nitrogens with one attached hydrogen (secondary N) is 1. The van der Waals surface area contributed by atoms with Crippen molar-refractivity contribution >= 4 is 11.7 Å². The molecule has 0 spiro atoms. The highest BCUT2D eigenvalue weighted by molar-refractivity contribution is 5.90. The van der Waals surface area contributed by atoms with Gasteiger partial charge in [0.2, 0.25) is 0 Å². The fourth-order valence-electron chi connectivity index (χ4n) is 3.07. The molecule has 2 N–H and O–H groups in total. The van der Waals surface area contributed by atoms with Gasteiger partial charge in [-0.15, -0.1) is 0 Å². The zero-order chi connectivity index (χ0) is 17.6. The number of nitrogens with zero attached hydrogens (tertiary/aromatic N) is 2. The molecule has 0 saturated carbocycles. The standard InChI is InChI=1S/C20H25N3O2/c1-16-7-5-6-10-18(16)21-20(25)23-13-11-22(12-14-23)15-19(24)17-8-3-2-4-9-17/h2-10,19,24H,11-15H2,1H3,(H,21,25)/t19-/m1/s1. The minimum atomic E-state index is -0.492. The van der Waals surface area contributed by atoms with Crippen LogP contribution in [0.3, 0.4) is 0 Å². The minimum absolute atomic E-state index is 0.0578. The van der Waals surface area contributed by atoms with Crippen molar-refractivity contribution in [2.45, 2.75) is 13.0 Å². The molecule has 1 aliphatic heterocycles. The second kappa shape index (κ2) is 8.14. The third kappa shape index (κ3) is 4.59. The molecule has 25 heavy (non-hydrogen) atoms. The number of carbonyl (C=O) groups is 1. The highest BCUT2D eigenvalue weighted by atomic mass is 16.3.